The SMILES string of the molecule is c1ccc(-c2cccc3c2oc2cc4sccc4cc23)nc1. The first-order chi connectivity index (χ1) is 10.9. The first-order valence-corrected chi connectivity index (χ1v) is 8.02. The lowest BCUT2D eigenvalue weighted by Crippen LogP contribution is -1.81. The molecule has 0 N–H and O–H groups in total. The topological polar surface area (TPSA) is 26.0 Å². The fourth-order valence-electron chi connectivity index (χ4n) is 2.98. The molecule has 0 bridgehead atoms. The summed E-state index contributed by atoms with van der Waals surface area (Å²) in [5.74, 6) is 0. The zero-order valence-electron chi connectivity index (χ0n) is 11.6. The normalized spacial score (nSPS) is 11.6. The highest BCUT2D eigenvalue weighted by Crippen LogP contribution is 2.37. The van der Waals surface area contributed by atoms with Crippen molar-refractivity contribution in [2.45, 2.75) is 0 Å². The third-order valence-electron chi connectivity index (χ3n) is 4.01. The highest BCUT2D eigenvalue weighted by atomic mass is 32.1. The van der Waals surface area contributed by atoms with E-state index in [2.05, 4.69) is 46.8 Å². The van der Waals surface area contributed by atoms with Gasteiger partial charge in [-0.25, -0.2) is 0 Å². The van der Waals surface area contributed by atoms with Crippen molar-refractivity contribution in [2.24, 2.45) is 0 Å². The molecule has 0 amide bonds. The zero-order valence-corrected chi connectivity index (χ0v) is 12.4. The molecule has 3 heteroatoms. The van der Waals surface area contributed by atoms with Crippen molar-refractivity contribution in [3.63, 3.8) is 0 Å². The molecule has 0 saturated heterocycles. The van der Waals surface area contributed by atoms with Gasteiger partial charge in [0.1, 0.15) is 11.2 Å². The second-order valence-corrected chi connectivity index (χ2v) is 6.25. The van der Waals surface area contributed by atoms with Gasteiger partial charge in [-0.2, -0.15) is 0 Å². The summed E-state index contributed by atoms with van der Waals surface area (Å²) in [6.07, 6.45) is 1.81. The van der Waals surface area contributed by atoms with Crippen LogP contribution in [-0.2, 0) is 0 Å². The van der Waals surface area contributed by atoms with Gasteiger partial charge in [0, 0.05) is 27.2 Å². The van der Waals surface area contributed by atoms with E-state index >= 15 is 0 Å². The Morgan fingerprint density at radius 2 is 1.91 bits per heavy atom. The van der Waals surface area contributed by atoms with E-state index in [0.717, 1.165) is 27.8 Å². The Hall–Kier alpha value is -2.65. The molecule has 0 aliphatic heterocycles. The lowest BCUT2D eigenvalue weighted by atomic mass is 10.1. The van der Waals surface area contributed by atoms with Crippen LogP contribution in [-0.4, -0.2) is 4.98 Å². The lowest BCUT2D eigenvalue weighted by Gasteiger charge is -2.00. The third-order valence-corrected chi connectivity index (χ3v) is 4.89. The summed E-state index contributed by atoms with van der Waals surface area (Å²) in [6.45, 7) is 0. The summed E-state index contributed by atoms with van der Waals surface area (Å²) in [5.41, 5.74) is 3.83. The Morgan fingerprint density at radius 1 is 0.909 bits per heavy atom. The van der Waals surface area contributed by atoms with Crippen LogP contribution >= 0.6 is 11.3 Å². The molecule has 5 aromatic rings. The molecule has 0 aliphatic rings. The van der Waals surface area contributed by atoms with Gasteiger partial charge in [-0.15, -0.1) is 11.3 Å². The average Bonchev–Trinajstić information content (AvgIpc) is 3.16. The molecule has 3 aromatic heterocycles. The van der Waals surface area contributed by atoms with Gasteiger partial charge in [0.2, 0.25) is 0 Å². The number of thiophene rings is 1. The molecule has 5 rings (SSSR count). The highest BCUT2D eigenvalue weighted by Gasteiger charge is 2.13. The van der Waals surface area contributed by atoms with Gasteiger partial charge in [0.05, 0.1) is 5.69 Å². The van der Waals surface area contributed by atoms with Gasteiger partial charge in [-0.05, 0) is 47.2 Å². The van der Waals surface area contributed by atoms with Crippen LogP contribution in [0.3, 0.4) is 0 Å². The van der Waals surface area contributed by atoms with Crippen molar-refractivity contribution in [1.29, 1.82) is 0 Å². The van der Waals surface area contributed by atoms with E-state index in [-0.39, 0.29) is 0 Å². The summed E-state index contributed by atoms with van der Waals surface area (Å²) in [5, 5.41) is 5.69. The van der Waals surface area contributed by atoms with Crippen molar-refractivity contribution < 1.29 is 4.42 Å². The van der Waals surface area contributed by atoms with E-state index in [4.69, 9.17) is 4.42 Å². The fraction of sp³-hybridized carbons (Fsp3) is 0. The van der Waals surface area contributed by atoms with Gasteiger partial charge in [-0.1, -0.05) is 18.2 Å². The molecule has 22 heavy (non-hydrogen) atoms. The molecule has 0 fully saturated rings. The van der Waals surface area contributed by atoms with Crippen molar-refractivity contribution >= 4 is 43.4 Å². The van der Waals surface area contributed by atoms with Crippen LogP contribution in [0.15, 0.2) is 70.6 Å². The van der Waals surface area contributed by atoms with Crippen LogP contribution < -0.4 is 0 Å². The minimum Gasteiger partial charge on any atom is -0.455 e. The van der Waals surface area contributed by atoms with Gasteiger partial charge < -0.3 is 4.42 Å². The second kappa shape index (κ2) is 4.42. The number of benzene rings is 2. The quantitative estimate of drug-likeness (QED) is 0.387. The number of rotatable bonds is 1. The van der Waals surface area contributed by atoms with Crippen LogP contribution in [0, 0.1) is 0 Å². The average molecular weight is 301 g/mol. The monoisotopic (exact) mass is 301 g/mol. The van der Waals surface area contributed by atoms with Crippen LogP contribution in [0.5, 0.6) is 0 Å². The number of fused-ring (bicyclic) bond motifs is 4. The van der Waals surface area contributed by atoms with Gasteiger partial charge in [0.15, 0.2) is 0 Å². The summed E-state index contributed by atoms with van der Waals surface area (Å²) < 4.78 is 7.44. The molecule has 0 unspecified atom stereocenters. The van der Waals surface area contributed by atoms with E-state index in [0.29, 0.717) is 0 Å². The van der Waals surface area contributed by atoms with E-state index in [1.807, 2.05) is 24.4 Å². The molecule has 3 heterocycles. The first-order valence-electron chi connectivity index (χ1n) is 7.14. The van der Waals surface area contributed by atoms with Crippen molar-refractivity contribution in [2.75, 3.05) is 0 Å². The predicted octanol–water partition coefficient (Wildman–Crippen LogP) is 5.86. The van der Waals surface area contributed by atoms with Crippen molar-refractivity contribution in [1.82, 2.24) is 4.98 Å². The second-order valence-electron chi connectivity index (χ2n) is 5.31. The standard InChI is InChI=1S/C19H11NOS/c1-2-8-20-16(6-1)14-5-3-4-13-15-10-12-7-9-22-18(12)11-17(15)21-19(13)14/h1-11H. The number of aromatic nitrogens is 1. The first kappa shape index (κ1) is 12.0. The Labute approximate surface area is 130 Å². The Bertz CT molecular complexity index is 1120. The number of furan rings is 1. The van der Waals surface area contributed by atoms with E-state index in [1.165, 1.54) is 15.5 Å². The Kier molecular flexibility index (Phi) is 2.40. The summed E-state index contributed by atoms with van der Waals surface area (Å²) in [6, 6.07) is 18.7. The van der Waals surface area contributed by atoms with Gasteiger partial charge >= 0.3 is 0 Å². The van der Waals surface area contributed by atoms with E-state index in [9.17, 15) is 0 Å². The van der Waals surface area contributed by atoms with Gasteiger partial charge in [0.25, 0.3) is 0 Å². The van der Waals surface area contributed by atoms with Crippen LogP contribution in [0.4, 0.5) is 0 Å². The van der Waals surface area contributed by atoms with Crippen molar-refractivity contribution in [3.8, 4) is 11.3 Å². The molecule has 2 nitrogen and oxygen atoms in total. The van der Waals surface area contributed by atoms with Gasteiger partial charge in [-0.3, -0.25) is 4.98 Å². The minimum atomic E-state index is 0.911. The highest BCUT2D eigenvalue weighted by molar-refractivity contribution is 7.17. The predicted molar refractivity (Wildman–Crippen MR) is 92.3 cm³/mol. The van der Waals surface area contributed by atoms with Crippen LogP contribution in [0.2, 0.25) is 0 Å². The molecule has 104 valence electrons. The largest absolute Gasteiger partial charge is 0.455 e. The maximum absolute atomic E-state index is 6.18. The smallest absolute Gasteiger partial charge is 0.144 e. The van der Waals surface area contributed by atoms with E-state index in [1.54, 1.807) is 11.3 Å². The fourth-order valence-corrected chi connectivity index (χ4v) is 3.78. The molecule has 0 radical (unpaired) electrons. The van der Waals surface area contributed by atoms with Crippen LogP contribution in [0.1, 0.15) is 0 Å². The molecule has 0 atom stereocenters. The number of hydrogen-bond acceptors (Lipinski definition) is 3. The molecule has 0 saturated carbocycles. The maximum atomic E-state index is 6.18. The van der Waals surface area contributed by atoms with Crippen LogP contribution in [0.25, 0.3) is 43.3 Å². The molecular weight excluding hydrogens is 290 g/mol. The number of para-hydroxylation sites is 1. The minimum absolute atomic E-state index is 0.911. The summed E-state index contributed by atoms with van der Waals surface area (Å²) in [7, 11) is 0. The zero-order chi connectivity index (χ0) is 14.5. The third kappa shape index (κ3) is 1.63. The van der Waals surface area contributed by atoms with Crippen molar-refractivity contribution in [3.05, 3.63) is 66.2 Å². The molecule has 0 spiro atoms. The maximum Gasteiger partial charge on any atom is 0.144 e. The summed E-state index contributed by atoms with van der Waals surface area (Å²) in [4.78, 5) is 4.46. The number of hydrogen-bond donors (Lipinski definition) is 0. The molecule has 0 aliphatic carbocycles. The Morgan fingerprint density at radius 3 is 2.82 bits per heavy atom. The summed E-state index contributed by atoms with van der Waals surface area (Å²) >= 11 is 1.74. The number of pyridine rings is 1. The van der Waals surface area contributed by atoms with E-state index < -0.39 is 0 Å². The molecule has 2 aromatic carbocycles. The molecular formula is C19H11NOS. The Balaban J connectivity index is 1.92. The number of nitrogens with zero attached hydrogens (tertiary/aromatic N) is 1. The lowest BCUT2D eigenvalue weighted by molar-refractivity contribution is 0.670.